The van der Waals surface area contributed by atoms with E-state index in [0.717, 1.165) is 39.8 Å². The van der Waals surface area contributed by atoms with Crippen LogP contribution in [0.4, 0.5) is 11.4 Å². The van der Waals surface area contributed by atoms with Crippen LogP contribution in [0.15, 0.2) is 28.9 Å². The van der Waals surface area contributed by atoms with Crippen molar-refractivity contribution in [1.82, 2.24) is 9.88 Å². The molecular weight excluding hydrogens is 328 g/mol. The predicted molar refractivity (Wildman–Crippen MR) is 94.9 cm³/mol. The van der Waals surface area contributed by atoms with E-state index in [4.69, 9.17) is 5.73 Å². The summed E-state index contributed by atoms with van der Waals surface area (Å²) in [6.45, 7) is 6.35. The normalized spacial score (nSPS) is 12.9. The van der Waals surface area contributed by atoms with Gasteiger partial charge in [-0.1, -0.05) is 0 Å². The van der Waals surface area contributed by atoms with Crippen molar-refractivity contribution in [2.75, 3.05) is 37.8 Å². The molecule has 0 amide bonds. The lowest BCUT2D eigenvalue weighted by Gasteiger charge is -2.32. The van der Waals surface area contributed by atoms with E-state index in [1.165, 1.54) is 0 Å². The van der Waals surface area contributed by atoms with E-state index in [9.17, 15) is 0 Å². The summed E-state index contributed by atoms with van der Waals surface area (Å²) in [6.07, 6.45) is 1.83. The van der Waals surface area contributed by atoms with Gasteiger partial charge in [0.05, 0.1) is 11.2 Å². The number of rotatable bonds is 5. The molecule has 1 unspecified atom stereocenters. The van der Waals surface area contributed by atoms with E-state index < -0.39 is 0 Å². The number of nitrogens with zero attached hydrogens (tertiary/aromatic N) is 3. The zero-order chi connectivity index (χ0) is 15.6. The number of pyridine rings is 1. The lowest BCUT2D eigenvalue weighted by molar-refractivity contribution is 0.373. The van der Waals surface area contributed by atoms with Crippen molar-refractivity contribution in [1.29, 1.82) is 0 Å². The van der Waals surface area contributed by atoms with Gasteiger partial charge in [-0.15, -0.1) is 0 Å². The smallest absolute Gasteiger partial charge is 0.0956 e. The first kappa shape index (κ1) is 16.0. The van der Waals surface area contributed by atoms with E-state index in [1.54, 1.807) is 0 Å². The zero-order valence-electron chi connectivity index (χ0n) is 13.1. The number of hydrogen-bond donors (Lipinski definition) is 1. The first-order valence-electron chi connectivity index (χ1n) is 7.19. The summed E-state index contributed by atoms with van der Waals surface area (Å²) in [4.78, 5) is 9.17. The number of likely N-dealkylation sites (N-methyl/N-ethyl adjacent to an activating group) is 2. The number of fused-ring (bicyclic) bond motifs is 1. The fourth-order valence-electron chi connectivity index (χ4n) is 2.78. The van der Waals surface area contributed by atoms with Gasteiger partial charge in [-0.25, -0.2) is 0 Å². The van der Waals surface area contributed by atoms with Crippen molar-refractivity contribution in [3.63, 3.8) is 0 Å². The molecule has 0 radical (unpaired) electrons. The van der Waals surface area contributed by atoms with E-state index in [0.29, 0.717) is 6.04 Å². The van der Waals surface area contributed by atoms with Crippen LogP contribution in [0, 0.1) is 0 Å². The van der Waals surface area contributed by atoms with Crippen LogP contribution in [0.25, 0.3) is 10.9 Å². The molecule has 0 aliphatic heterocycles. The molecule has 2 N–H and O–H groups in total. The minimum Gasteiger partial charge on any atom is -0.398 e. The second-order valence-corrected chi connectivity index (χ2v) is 6.54. The molecule has 2 rings (SSSR count). The number of nitrogen functional groups attached to an aromatic ring is 1. The molecule has 114 valence electrons. The molecule has 0 spiro atoms. The van der Waals surface area contributed by atoms with Crippen LogP contribution in [-0.4, -0.2) is 43.1 Å². The minimum absolute atomic E-state index is 0.405. The highest BCUT2D eigenvalue weighted by molar-refractivity contribution is 9.10. The Morgan fingerprint density at radius 2 is 2.05 bits per heavy atom. The van der Waals surface area contributed by atoms with Crippen molar-refractivity contribution in [3.05, 3.63) is 28.9 Å². The quantitative estimate of drug-likeness (QED) is 0.839. The highest BCUT2D eigenvalue weighted by Crippen LogP contribution is 2.32. The van der Waals surface area contributed by atoms with Gasteiger partial charge < -0.3 is 15.5 Å². The molecule has 0 saturated carbocycles. The molecule has 1 heterocycles. The maximum Gasteiger partial charge on any atom is 0.0956 e. The van der Waals surface area contributed by atoms with Gasteiger partial charge in [0.25, 0.3) is 0 Å². The number of aromatic nitrogens is 1. The fraction of sp³-hybridized carbons (Fsp3) is 0.438. The Hall–Kier alpha value is -1.33. The van der Waals surface area contributed by atoms with Gasteiger partial charge in [0, 0.05) is 40.9 Å². The molecule has 1 atom stereocenters. The fourth-order valence-corrected chi connectivity index (χ4v) is 3.11. The minimum atomic E-state index is 0.405. The number of halogens is 1. The average molecular weight is 351 g/mol. The van der Waals surface area contributed by atoms with Gasteiger partial charge in [0.2, 0.25) is 0 Å². The van der Waals surface area contributed by atoms with Crippen LogP contribution >= 0.6 is 15.9 Å². The Kier molecular flexibility index (Phi) is 5.06. The Labute approximate surface area is 135 Å². The van der Waals surface area contributed by atoms with Crippen LogP contribution in [0.3, 0.4) is 0 Å². The maximum atomic E-state index is 6.10. The summed E-state index contributed by atoms with van der Waals surface area (Å²) in [5, 5.41) is 0.998. The molecule has 21 heavy (non-hydrogen) atoms. The van der Waals surface area contributed by atoms with Crippen molar-refractivity contribution in [2.45, 2.75) is 19.9 Å². The summed E-state index contributed by atoms with van der Waals surface area (Å²) >= 11 is 3.47. The second-order valence-electron chi connectivity index (χ2n) is 5.62. The molecule has 1 aromatic heterocycles. The molecule has 4 nitrogen and oxygen atoms in total. The van der Waals surface area contributed by atoms with Crippen LogP contribution < -0.4 is 10.6 Å². The number of anilines is 2. The average Bonchev–Trinajstić information content (AvgIpc) is 2.41. The van der Waals surface area contributed by atoms with Crippen LogP contribution in [-0.2, 0) is 0 Å². The first-order valence-corrected chi connectivity index (χ1v) is 7.98. The Morgan fingerprint density at radius 1 is 1.33 bits per heavy atom. The number of benzene rings is 1. The zero-order valence-corrected chi connectivity index (χ0v) is 14.7. The summed E-state index contributed by atoms with van der Waals surface area (Å²) in [5.41, 5.74) is 8.97. The predicted octanol–water partition coefficient (Wildman–Crippen LogP) is 3.36. The highest BCUT2D eigenvalue weighted by Gasteiger charge is 2.17. The molecule has 0 bridgehead atoms. The summed E-state index contributed by atoms with van der Waals surface area (Å²) in [6, 6.07) is 6.48. The second kappa shape index (κ2) is 6.62. The third-order valence-corrected chi connectivity index (χ3v) is 4.07. The Bertz CT molecular complexity index is 627. The van der Waals surface area contributed by atoms with Gasteiger partial charge >= 0.3 is 0 Å². The lowest BCUT2D eigenvalue weighted by Crippen LogP contribution is -2.40. The van der Waals surface area contributed by atoms with Crippen LogP contribution in [0.2, 0.25) is 0 Å². The number of hydrogen-bond acceptors (Lipinski definition) is 4. The topological polar surface area (TPSA) is 45.4 Å². The molecule has 5 heteroatoms. The van der Waals surface area contributed by atoms with Crippen LogP contribution in [0.1, 0.15) is 13.8 Å². The van der Waals surface area contributed by atoms with Crippen LogP contribution in [0.5, 0.6) is 0 Å². The summed E-state index contributed by atoms with van der Waals surface area (Å²) < 4.78 is 0.947. The standard InChI is InChI=1S/C16H23BrN4/c1-5-21(11(2)10-20(3)4)15-7-6-14(18)13-8-12(17)9-19-16(13)15/h6-9,11H,5,10,18H2,1-4H3. The van der Waals surface area contributed by atoms with E-state index in [1.807, 2.05) is 18.3 Å². The molecule has 0 aliphatic carbocycles. The molecule has 1 aromatic carbocycles. The van der Waals surface area contributed by atoms with Gasteiger partial charge in [-0.2, -0.15) is 0 Å². The van der Waals surface area contributed by atoms with Gasteiger partial charge in [-0.3, -0.25) is 4.98 Å². The van der Waals surface area contributed by atoms with Crippen molar-refractivity contribution >= 4 is 38.2 Å². The van der Waals surface area contributed by atoms with E-state index >= 15 is 0 Å². The third-order valence-electron chi connectivity index (χ3n) is 3.64. The van der Waals surface area contributed by atoms with Gasteiger partial charge in [-0.05, 0) is 62.1 Å². The van der Waals surface area contributed by atoms with Gasteiger partial charge in [0.15, 0.2) is 0 Å². The first-order chi connectivity index (χ1) is 9.93. The largest absolute Gasteiger partial charge is 0.398 e. The monoisotopic (exact) mass is 350 g/mol. The summed E-state index contributed by atoms with van der Waals surface area (Å²) in [5.74, 6) is 0. The molecule has 0 fully saturated rings. The molecular formula is C16H23BrN4. The number of nitrogens with two attached hydrogens (primary N) is 1. The van der Waals surface area contributed by atoms with Crippen molar-refractivity contribution in [3.8, 4) is 0 Å². The lowest BCUT2D eigenvalue weighted by atomic mass is 10.1. The van der Waals surface area contributed by atoms with E-state index in [2.05, 4.69) is 64.7 Å². The molecule has 2 aromatic rings. The van der Waals surface area contributed by atoms with Crippen molar-refractivity contribution in [2.24, 2.45) is 0 Å². The third kappa shape index (κ3) is 3.47. The Balaban J connectivity index is 2.51. The summed E-state index contributed by atoms with van der Waals surface area (Å²) in [7, 11) is 4.20. The Morgan fingerprint density at radius 3 is 2.67 bits per heavy atom. The molecule has 0 aliphatic rings. The van der Waals surface area contributed by atoms with Crippen molar-refractivity contribution < 1.29 is 0 Å². The highest BCUT2D eigenvalue weighted by atomic mass is 79.9. The van der Waals surface area contributed by atoms with Gasteiger partial charge in [0.1, 0.15) is 0 Å². The maximum absolute atomic E-state index is 6.10. The molecule has 0 saturated heterocycles. The van der Waals surface area contributed by atoms with E-state index in [-0.39, 0.29) is 0 Å². The SMILES string of the molecule is CCN(c1ccc(N)c2cc(Br)cnc12)C(C)CN(C)C.